The van der Waals surface area contributed by atoms with Gasteiger partial charge in [0.1, 0.15) is 0 Å². The van der Waals surface area contributed by atoms with Gasteiger partial charge in [0.05, 0.1) is 5.75 Å². The summed E-state index contributed by atoms with van der Waals surface area (Å²) in [6.07, 6.45) is 0.925. The quantitative estimate of drug-likeness (QED) is 0.693. The molecule has 28 heavy (non-hydrogen) atoms. The zero-order chi connectivity index (χ0) is 20.8. The van der Waals surface area contributed by atoms with E-state index >= 15 is 0 Å². The second-order valence-electron chi connectivity index (χ2n) is 8.13. The number of carbonyl (C=O) groups excluding carboxylic acids is 2. The number of carbonyl (C=O) groups is 2. The summed E-state index contributed by atoms with van der Waals surface area (Å²) in [6.45, 7) is 7.45. The van der Waals surface area contributed by atoms with Gasteiger partial charge in [-0.15, -0.1) is 0 Å². The minimum Gasteiger partial charge on any atom is -0.356 e. The molecule has 1 N–H and O–H groups in total. The van der Waals surface area contributed by atoms with Gasteiger partial charge in [0, 0.05) is 44.6 Å². The number of amides is 2. The van der Waals surface area contributed by atoms with Crippen molar-refractivity contribution in [2.45, 2.75) is 39.4 Å². The van der Waals surface area contributed by atoms with Gasteiger partial charge in [0.25, 0.3) is 0 Å². The van der Waals surface area contributed by atoms with Crippen molar-refractivity contribution in [3.05, 3.63) is 35.9 Å². The molecule has 0 bridgehead atoms. The molecule has 0 aromatic heterocycles. The van der Waals surface area contributed by atoms with Crippen LogP contribution in [0.2, 0.25) is 0 Å². The van der Waals surface area contributed by atoms with E-state index < -0.39 is 15.4 Å². The summed E-state index contributed by atoms with van der Waals surface area (Å²) < 4.78 is 26.6. The summed E-state index contributed by atoms with van der Waals surface area (Å²) in [7, 11) is -3.38. The summed E-state index contributed by atoms with van der Waals surface area (Å²) >= 11 is 0. The number of hydrogen-bond acceptors (Lipinski definition) is 4. The molecule has 1 heterocycles. The molecule has 1 aliphatic rings. The molecule has 0 aliphatic carbocycles. The van der Waals surface area contributed by atoms with E-state index in [0.29, 0.717) is 45.6 Å². The van der Waals surface area contributed by atoms with Crippen molar-refractivity contribution in [2.24, 2.45) is 5.41 Å². The monoisotopic (exact) mass is 409 g/mol. The summed E-state index contributed by atoms with van der Waals surface area (Å²) in [6, 6.07) is 9.11. The average Bonchev–Trinajstić information content (AvgIpc) is 2.64. The van der Waals surface area contributed by atoms with Gasteiger partial charge in [-0.1, -0.05) is 51.1 Å². The van der Waals surface area contributed by atoms with Gasteiger partial charge in [-0.25, -0.2) is 8.42 Å². The zero-order valence-electron chi connectivity index (χ0n) is 17.0. The van der Waals surface area contributed by atoms with Crippen LogP contribution in [0.3, 0.4) is 0 Å². The number of hydrogen-bond donors (Lipinski definition) is 1. The van der Waals surface area contributed by atoms with Gasteiger partial charge >= 0.3 is 0 Å². The minimum absolute atomic E-state index is 0.00474. The highest BCUT2D eigenvalue weighted by Crippen LogP contribution is 2.15. The van der Waals surface area contributed by atoms with Crippen molar-refractivity contribution in [1.29, 1.82) is 0 Å². The van der Waals surface area contributed by atoms with Crippen LogP contribution in [-0.2, 0) is 25.4 Å². The Hall–Kier alpha value is -1.93. The largest absolute Gasteiger partial charge is 0.356 e. The Morgan fingerprint density at radius 1 is 1.04 bits per heavy atom. The Morgan fingerprint density at radius 2 is 1.64 bits per heavy atom. The minimum atomic E-state index is -3.38. The third-order valence-electron chi connectivity index (χ3n) is 4.71. The van der Waals surface area contributed by atoms with Crippen LogP contribution in [0.5, 0.6) is 0 Å². The number of rotatable bonds is 7. The number of nitrogens with one attached hydrogen (secondary N) is 1. The fourth-order valence-corrected chi connectivity index (χ4v) is 4.47. The van der Waals surface area contributed by atoms with Crippen molar-refractivity contribution in [2.75, 3.05) is 32.7 Å². The summed E-state index contributed by atoms with van der Waals surface area (Å²) in [4.78, 5) is 25.8. The van der Waals surface area contributed by atoms with Crippen molar-refractivity contribution >= 4 is 21.8 Å². The SMILES string of the molecule is CC(C)(C)C(=O)NCCCC(=O)N1CCN(S(=O)(=O)Cc2ccccc2)CC1. The molecule has 0 unspecified atom stereocenters. The maximum absolute atomic E-state index is 12.6. The van der Waals surface area contributed by atoms with Crippen LogP contribution in [-0.4, -0.2) is 62.2 Å². The van der Waals surface area contributed by atoms with Crippen molar-refractivity contribution < 1.29 is 18.0 Å². The molecule has 0 saturated carbocycles. The van der Waals surface area contributed by atoms with Gasteiger partial charge in [-0.2, -0.15) is 4.31 Å². The lowest BCUT2D eigenvalue weighted by molar-refractivity contribution is -0.133. The van der Waals surface area contributed by atoms with Gasteiger partial charge in [-0.3, -0.25) is 9.59 Å². The highest BCUT2D eigenvalue weighted by molar-refractivity contribution is 7.88. The molecular formula is C20H31N3O4S. The van der Waals surface area contributed by atoms with Gasteiger partial charge in [0.15, 0.2) is 0 Å². The number of nitrogens with zero attached hydrogens (tertiary/aromatic N) is 2. The van der Waals surface area contributed by atoms with Gasteiger partial charge in [-0.05, 0) is 12.0 Å². The molecule has 7 nitrogen and oxygen atoms in total. The van der Waals surface area contributed by atoms with E-state index in [1.54, 1.807) is 17.0 Å². The van der Waals surface area contributed by atoms with Crippen LogP contribution >= 0.6 is 0 Å². The smallest absolute Gasteiger partial charge is 0.225 e. The van der Waals surface area contributed by atoms with Crippen LogP contribution in [0.1, 0.15) is 39.2 Å². The lowest BCUT2D eigenvalue weighted by Crippen LogP contribution is -2.50. The molecule has 156 valence electrons. The predicted octanol–water partition coefficient (Wildman–Crippen LogP) is 1.60. The molecule has 0 spiro atoms. The maximum atomic E-state index is 12.6. The van der Waals surface area contributed by atoms with Crippen LogP contribution in [0.25, 0.3) is 0 Å². The van der Waals surface area contributed by atoms with E-state index in [9.17, 15) is 18.0 Å². The fraction of sp³-hybridized carbons (Fsp3) is 0.600. The van der Waals surface area contributed by atoms with Crippen LogP contribution in [0.15, 0.2) is 30.3 Å². The van der Waals surface area contributed by atoms with E-state index in [2.05, 4.69) is 5.32 Å². The highest BCUT2D eigenvalue weighted by atomic mass is 32.2. The molecule has 2 amide bonds. The first-order valence-electron chi connectivity index (χ1n) is 9.67. The van der Waals surface area contributed by atoms with E-state index in [-0.39, 0.29) is 17.6 Å². The van der Waals surface area contributed by atoms with E-state index in [4.69, 9.17) is 0 Å². The Bertz CT molecular complexity index is 764. The summed E-state index contributed by atoms with van der Waals surface area (Å²) in [5.74, 6) is -0.0442. The molecule has 0 radical (unpaired) electrons. The molecule has 0 atom stereocenters. The molecule has 8 heteroatoms. The lowest BCUT2D eigenvalue weighted by Gasteiger charge is -2.34. The lowest BCUT2D eigenvalue weighted by atomic mass is 9.96. The molecule has 1 fully saturated rings. The maximum Gasteiger partial charge on any atom is 0.225 e. The summed E-state index contributed by atoms with van der Waals surface area (Å²) in [5, 5.41) is 2.83. The first kappa shape index (κ1) is 22.4. The first-order valence-corrected chi connectivity index (χ1v) is 11.3. The van der Waals surface area contributed by atoms with Crippen molar-refractivity contribution in [1.82, 2.24) is 14.5 Å². The Labute approximate surface area is 168 Å². The fourth-order valence-electron chi connectivity index (χ4n) is 2.96. The van der Waals surface area contributed by atoms with E-state index in [1.165, 1.54) is 4.31 Å². The molecular weight excluding hydrogens is 378 g/mol. The number of piperazine rings is 1. The molecule has 1 aliphatic heterocycles. The highest BCUT2D eigenvalue weighted by Gasteiger charge is 2.28. The Balaban J connectivity index is 1.74. The number of sulfonamides is 1. The third-order valence-corrected chi connectivity index (χ3v) is 6.56. The third kappa shape index (κ3) is 6.60. The zero-order valence-corrected chi connectivity index (χ0v) is 17.8. The Kier molecular flexibility index (Phi) is 7.60. The molecule has 1 aromatic rings. The normalized spacial score (nSPS) is 16.0. The standard InChI is InChI=1S/C20H31N3O4S/c1-20(2,3)19(25)21-11-7-10-18(24)22-12-14-23(15-13-22)28(26,27)16-17-8-5-4-6-9-17/h4-6,8-9H,7,10-16H2,1-3H3,(H,21,25). The van der Waals surface area contributed by atoms with E-state index in [1.807, 2.05) is 39.0 Å². The molecule has 2 rings (SSSR count). The predicted molar refractivity (Wildman–Crippen MR) is 109 cm³/mol. The molecule has 1 aromatic carbocycles. The van der Waals surface area contributed by atoms with Crippen LogP contribution < -0.4 is 5.32 Å². The van der Waals surface area contributed by atoms with Crippen LogP contribution in [0, 0.1) is 5.41 Å². The van der Waals surface area contributed by atoms with Crippen molar-refractivity contribution in [3.8, 4) is 0 Å². The summed E-state index contributed by atoms with van der Waals surface area (Å²) in [5.41, 5.74) is 0.323. The van der Waals surface area contributed by atoms with Crippen molar-refractivity contribution in [3.63, 3.8) is 0 Å². The molecule has 1 saturated heterocycles. The van der Waals surface area contributed by atoms with E-state index in [0.717, 1.165) is 5.56 Å². The van der Waals surface area contributed by atoms with Crippen LogP contribution in [0.4, 0.5) is 0 Å². The van der Waals surface area contributed by atoms with Gasteiger partial charge in [0.2, 0.25) is 21.8 Å². The second kappa shape index (κ2) is 9.52. The number of benzene rings is 1. The first-order chi connectivity index (χ1) is 13.1. The topological polar surface area (TPSA) is 86.8 Å². The van der Waals surface area contributed by atoms with Gasteiger partial charge < -0.3 is 10.2 Å². The Morgan fingerprint density at radius 3 is 2.21 bits per heavy atom. The average molecular weight is 410 g/mol. The second-order valence-corrected chi connectivity index (χ2v) is 10.1.